The smallest absolute Gasteiger partial charge is 0.305 e. The fourth-order valence-corrected chi connectivity index (χ4v) is 2.41. The monoisotopic (exact) mass is 334 g/mol. The number of carbonyl (C=O) groups is 2. The number of carboxylic acid groups (broad SMARTS) is 1. The number of amides is 1. The lowest BCUT2D eigenvalue weighted by atomic mass is 10.0. The number of carbonyl (C=O) groups excluding carboxylic acids is 1. The topological polar surface area (TPSA) is 88.4 Å². The van der Waals surface area contributed by atoms with Crippen LogP contribution in [0, 0.1) is 0 Å². The van der Waals surface area contributed by atoms with Crippen molar-refractivity contribution in [1.82, 2.24) is 9.88 Å². The Hall–Kier alpha value is -2.60. The van der Waals surface area contributed by atoms with Gasteiger partial charge in [-0.1, -0.05) is 29.8 Å². The third-order valence-electron chi connectivity index (χ3n) is 3.31. The predicted molar refractivity (Wildman–Crippen MR) is 85.6 cm³/mol. The van der Waals surface area contributed by atoms with Gasteiger partial charge in [-0.3, -0.25) is 14.4 Å². The largest absolute Gasteiger partial charge is 0.481 e. The van der Waals surface area contributed by atoms with Crippen molar-refractivity contribution in [2.75, 3.05) is 0 Å². The Labute approximate surface area is 137 Å². The van der Waals surface area contributed by atoms with E-state index in [2.05, 4.69) is 5.32 Å². The van der Waals surface area contributed by atoms with Crippen molar-refractivity contribution in [3.05, 3.63) is 69.1 Å². The van der Waals surface area contributed by atoms with Crippen LogP contribution in [0.5, 0.6) is 0 Å². The van der Waals surface area contributed by atoms with E-state index in [1.807, 2.05) is 0 Å². The van der Waals surface area contributed by atoms with Crippen molar-refractivity contribution in [2.24, 2.45) is 7.05 Å². The SMILES string of the molecule is Cn1cc(C(=O)N[C@@H](CC(=O)O)c2ccccc2Cl)ccc1=O. The molecule has 0 aliphatic heterocycles. The maximum absolute atomic E-state index is 12.3. The number of hydrogen-bond donors (Lipinski definition) is 2. The highest BCUT2D eigenvalue weighted by Gasteiger charge is 2.21. The number of aliphatic carboxylic acids is 1. The molecule has 7 heteroatoms. The van der Waals surface area contributed by atoms with Crippen molar-refractivity contribution in [1.29, 1.82) is 0 Å². The van der Waals surface area contributed by atoms with Crippen LogP contribution in [0.15, 0.2) is 47.4 Å². The van der Waals surface area contributed by atoms with Crippen molar-refractivity contribution < 1.29 is 14.7 Å². The van der Waals surface area contributed by atoms with Gasteiger partial charge in [0.05, 0.1) is 18.0 Å². The van der Waals surface area contributed by atoms with Gasteiger partial charge in [0.2, 0.25) is 5.56 Å². The molecule has 1 aromatic heterocycles. The second kappa shape index (κ2) is 7.11. The fourth-order valence-electron chi connectivity index (χ4n) is 2.14. The Morgan fingerprint density at radius 3 is 2.57 bits per heavy atom. The first kappa shape index (κ1) is 16.8. The molecule has 1 heterocycles. The van der Waals surface area contributed by atoms with Crippen LogP contribution in [0.25, 0.3) is 0 Å². The number of benzene rings is 1. The third kappa shape index (κ3) is 4.20. The summed E-state index contributed by atoms with van der Waals surface area (Å²) in [6.07, 6.45) is 1.09. The summed E-state index contributed by atoms with van der Waals surface area (Å²) in [4.78, 5) is 34.8. The van der Waals surface area contributed by atoms with Crippen LogP contribution < -0.4 is 10.9 Å². The molecule has 1 aromatic carbocycles. The molecule has 0 bridgehead atoms. The van der Waals surface area contributed by atoms with Crippen LogP contribution >= 0.6 is 11.6 Å². The Morgan fingerprint density at radius 2 is 1.96 bits per heavy atom. The molecule has 23 heavy (non-hydrogen) atoms. The lowest BCUT2D eigenvalue weighted by Crippen LogP contribution is -2.31. The maximum atomic E-state index is 12.3. The third-order valence-corrected chi connectivity index (χ3v) is 3.66. The molecule has 0 saturated carbocycles. The second-order valence-electron chi connectivity index (χ2n) is 5.01. The Balaban J connectivity index is 2.28. The average molecular weight is 335 g/mol. The first-order valence-electron chi connectivity index (χ1n) is 6.82. The molecule has 2 N–H and O–H groups in total. The number of nitrogens with zero attached hydrogens (tertiary/aromatic N) is 1. The van der Waals surface area contributed by atoms with E-state index in [-0.39, 0.29) is 17.5 Å². The minimum absolute atomic E-state index is 0.241. The molecule has 2 aromatic rings. The molecule has 0 saturated heterocycles. The van der Waals surface area contributed by atoms with Crippen LogP contribution in [0.1, 0.15) is 28.4 Å². The highest BCUT2D eigenvalue weighted by Crippen LogP contribution is 2.25. The zero-order chi connectivity index (χ0) is 17.0. The Kier molecular flexibility index (Phi) is 5.18. The summed E-state index contributed by atoms with van der Waals surface area (Å²) in [6, 6.07) is 8.62. The molecular weight excluding hydrogens is 320 g/mol. The summed E-state index contributed by atoms with van der Waals surface area (Å²) >= 11 is 6.09. The van der Waals surface area contributed by atoms with Crippen LogP contribution in [-0.4, -0.2) is 21.6 Å². The number of nitrogens with one attached hydrogen (secondary N) is 1. The van der Waals surface area contributed by atoms with Gasteiger partial charge in [0.15, 0.2) is 0 Å². The van der Waals surface area contributed by atoms with E-state index < -0.39 is 17.9 Å². The summed E-state index contributed by atoms with van der Waals surface area (Å²) in [5.74, 6) is -1.54. The normalized spacial score (nSPS) is 11.7. The lowest BCUT2D eigenvalue weighted by molar-refractivity contribution is -0.137. The maximum Gasteiger partial charge on any atom is 0.305 e. The molecule has 6 nitrogen and oxygen atoms in total. The van der Waals surface area contributed by atoms with Gasteiger partial charge in [0, 0.05) is 24.3 Å². The number of aryl methyl sites for hydroxylation is 1. The van der Waals surface area contributed by atoms with Gasteiger partial charge in [0.1, 0.15) is 0 Å². The summed E-state index contributed by atoms with van der Waals surface area (Å²) in [6.45, 7) is 0. The highest BCUT2D eigenvalue weighted by atomic mass is 35.5. The van der Waals surface area contributed by atoms with Crippen LogP contribution in [0.3, 0.4) is 0 Å². The highest BCUT2D eigenvalue weighted by molar-refractivity contribution is 6.31. The van der Waals surface area contributed by atoms with E-state index in [0.717, 1.165) is 0 Å². The van der Waals surface area contributed by atoms with Crippen molar-refractivity contribution in [3.8, 4) is 0 Å². The molecule has 2 rings (SSSR count). The molecule has 1 atom stereocenters. The number of carboxylic acids is 1. The van der Waals surface area contributed by atoms with Crippen LogP contribution in [0.2, 0.25) is 5.02 Å². The number of aromatic nitrogens is 1. The molecule has 0 aliphatic carbocycles. The van der Waals surface area contributed by atoms with Crippen molar-refractivity contribution in [2.45, 2.75) is 12.5 Å². The van der Waals surface area contributed by atoms with Gasteiger partial charge in [-0.15, -0.1) is 0 Å². The number of hydrogen-bond acceptors (Lipinski definition) is 3. The summed E-state index contributed by atoms with van der Waals surface area (Å²) in [5, 5.41) is 12.1. The minimum atomic E-state index is -1.06. The molecule has 0 aliphatic rings. The predicted octanol–water partition coefficient (Wildman–Crippen LogP) is 1.98. The molecule has 0 unspecified atom stereocenters. The molecule has 120 valence electrons. The zero-order valence-corrected chi connectivity index (χ0v) is 13.1. The lowest BCUT2D eigenvalue weighted by Gasteiger charge is -2.18. The van der Waals surface area contributed by atoms with E-state index in [1.54, 1.807) is 24.3 Å². The van der Waals surface area contributed by atoms with E-state index in [9.17, 15) is 14.4 Å². The van der Waals surface area contributed by atoms with Crippen molar-refractivity contribution >= 4 is 23.5 Å². The molecular formula is C16H15ClN2O4. The quantitative estimate of drug-likeness (QED) is 0.875. The first-order chi connectivity index (χ1) is 10.9. The fraction of sp³-hybridized carbons (Fsp3) is 0.188. The molecule has 0 fully saturated rings. The molecule has 0 radical (unpaired) electrons. The summed E-state index contributed by atoms with van der Waals surface area (Å²) in [7, 11) is 1.53. The number of pyridine rings is 1. The van der Waals surface area contributed by atoms with Crippen LogP contribution in [0.4, 0.5) is 0 Å². The van der Waals surface area contributed by atoms with Gasteiger partial charge in [0.25, 0.3) is 5.91 Å². The van der Waals surface area contributed by atoms with Crippen LogP contribution in [-0.2, 0) is 11.8 Å². The Morgan fingerprint density at radius 1 is 1.26 bits per heavy atom. The van der Waals surface area contributed by atoms with Crippen molar-refractivity contribution in [3.63, 3.8) is 0 Å². The van der Waals surface area contributed by atoms with E-state index in [4.69, 9.17) is 16.7 Å². The number of halogens is 1. The van der Waals surface area contributed by atoms with Gasteiger partial charge >= 0.3 is 5.97 Å². The van der Waals surface area contributed by atoms with Gasteiger partial charge in [-0.25, -0.2) is 0 Å². The van der Waals surface area contributed by atoms with E-state index in [1.165, 1.54) is 29.9 Å². The standard InChI is InChI=1S/C16H15ClN2O4/c1-19-9-10(6-7-14(19)20)16(23)18-13(8-15(21)22)11-4-2-3-5-12(11)17/h2-7,9,13H,8H2,1H3,(H,18,23)(H,21,22)/t13-/m0/s1. The minimum Gasteiger partial charge on any atom is -0.481 e. The van der Waals surface area contributed by atoms with Gasteiger partial charge < -0.3 is 15.0 Å². The van der Waals surface area contributed by atoms with Gasteiger partial charge in [-0.05, 0) is 17.7 Å². The summed E-state index contributed by atoms with van der Waals surface area (Å²) < 4.78 is 1.27. The zero-order valence-electron chi connectivity index (χ0n) is 12.3. The van der Waals surface area contributed by atoms with E-state index >= 15 is 0 Å². The van der Waals surface area contributed by atoms with E-state index in [0.29, 0.717) is 10.6 Å². The second-order valence-corrected chi connectivity index (χ2v) is 5.42. The molecule has 0 spiro atoms. The number of rotatable bonds is 5. The summed E-state index contributed by atoms with van der Waals surface area (Å²) in [5.41, 5.74) is 0.541. The molecule has 1 amide bonds. The van der Waals surface area contributed by atoms with Gasteiger partial charge in [-0.2, -0.15) is 0 Å². The first-order valence-corrected chi connectivity index (χ1v) is 7.20. The average Bonchev–Trinajstić information content (AvgIpc) is 2.49. The Bertz CT molecular complexity index is 801.